The van der Waals surface area contributed by atoms with E-state index in [4.69, 9.17) is 4.74 Å². The van der Waals surface area contributed by atoms with Gasteiger partial charge in [-0.1, -0.05) is 38.1 Å². The molecule has 0 aliphatic carbocycles. The molecule has 9 heteroatoms. The first-order chi connectivity index (χ1) is 16.4. The van der Waals surface area contributed by atoms with Gasteiger partial charge >= 0.3 is 6.09 Å². The molecule has 2 N–H and O–H groups in total. The van der Waals surface area contributed by atoms with Gasteiger partial charge in [0.1, 0.15) is 24.4 Å². The fourth-order valence-electron chi connectivity index (χ4n) is 3.56. The third-order valence-electron chi connectivity index (χ3n) is 5.25. The van der Waals surface area contributed by atoms with Crippen LogP contribution in [0, 0.1) is 0 Å². The summed E-state index contributed by atoms with van der Waals surface area (Å²) in [6.45, 7) is 8.77. The second-order valence-electron chi connectivity index (χ2n) is 9.32. The summed E-state index contributed by atoms with van der Waals surface area (Å²) in [7, 11) is 1.43. The van der Waals surface area contributed by atoms with Crippen LogP contribution in [0.25, 0.3) is 0 Å². The van der Waals surface area contributed by atoms with Gasteiger partial charge in [0.05, 0.1) is 6.04 Å². The third kappa shape index (κ3) is 8.27. The molecule has 0 unspecified atom stereocenters. The van der Waals surface area contributed by atoms with Crippen molar-refractivity contribution in [2.75, 3.05) is 18.9 Å². The van der Waals surface area contributed by atoms with E-state index in [-0.39, 0.29) is 30.7 Å². The van der Waals surface area contributed by atoms with E-state index >= 15 is 0 Å². The summed E-state index contributed by atoms with van der Waals surface area (Å²) in [5, 5.41) is 5.52. The van der Waals surface area contributed by atoms with Crippen molar-refractivity contribution in [1.29, 1.82) is 0 Å². The minimum absolute atomic E-state index is 0.0197. The van der Waals surface area contributed by atoms with Crippen molar-refractivity contribution in [2.45, 2.75) is 65.6 Å². The number of nitrogens with zero attached hydrogens (tertiary/aromatic N) is 2. The molecular formula is C26H36N4O5. The van der Waals surface area contributed by atoms with Crippen molar-refractivity contribution in [1.82, 2.24) is 14.8 Å². The number of rotatable bonds is 9. The summed E-state index contributed by atoms with van der Waals surface area (Å²) in [6, 6.07) is 10.8. The van der Waals surface area contributed by atoms with Gasteiger partial charge < -0.3 is 24.8 Å². The number of anilines is 1. The van der Waals surface area contributed by atoms with Crippen LogP contribution in [0.3, 0.4) is 0 Å². The highest BCUT2D eigenvalue weighted by atomic mass is 16.6. The highest BCUT2D eigenvalue weighted by molar-refractivity contribution is 5.93. The van der Waals surface area contributed by atoms with Crippen LogP contribution in [0.15, 0.2) is 47.4 Å². The lowest BCUT2D eigenvalue weighted by Gasteiger charge is -2.24. The van der Waals surface area contributed by atoms with Crippen molar-refractivity contribution in [3.05, 3.63) is 64.1 Å². The van der Waals surface area contributed by atoms with E-state index < -0.39 is 23.2 Å². The van der Waals surface area contributed by atoms with Gasteiger partial charge in [-0.2, -0.15) is 0 Å². The van der Waals surface area contributed by atoms with E-state index in [0.717, 1.165) is 22.4 Å². The molecule has 0 aliphatic heterocycles. The van der Waals surface area contributed by atoms with E-state index in [2.05, 4.69) is 17.6 Å². The first-order valence-electron chi connectivity index (χ1n) is 11.8. The van der Waals surface area contributed by atoms with Crippen LogP contribution >= 0.6 is 0 Å². The molecule has 9 nitrogen and oxygen atoms in total. The van der Waals surface area contributed by atoms with E-state index in [0.29, 0.717) is 6.42 Å². The second-order valence-corrected chi connectivity index (χ2v) is 9.32. The zero-order valence-electron chi connectivity index (χ0n) is 21.4. The van der Waals surface area contributed by atoms with Crippen LogP contribution in [-0.2, 0) is 27.3 Å². The molecule has 0 saturated carbocycles. The number of nitrogens with one attached hydrogen (secondary N) is 2. The standard InChI is InChI=1S/C26H36N4O5/c1-7-18-12-9-10-13-19(18)20(8-2)27-23(32)17-30-15-11-14-21(24(30)33)28-22(31)16-29(6)25(34)35-26(3,4)5/h9-15,20H,7-8,16-17H2,1-6H3,(H,27,32)(H,28,31)/t20-/m1/s1. The van der Waals surface area contributed by atoms with Crippen molar-refractivity contribution in [2.24, 2.45) is 0 Å². The molecular weight excluding hydrogens is 448 g/mol. The fourth-order valence-corrected chi connectivity index (χ4v) is 3.56. The number of amides is 3. The summed E-state index contributed by atoms with van der Waals surface area (Å²) < 4.78 is 6.46. The van der Waals surface area contributed by atoms with Gasteiger partial charge in [0.25, 0.3) is 5.56 Å². The van der Waals surface area contributed by atoms with Gasteiger partial charge in [-0.15, -0.1) is 0 Å². The average molecular weight is 485 g/mol. The predicted molar refractivity (Wildman–Crippen MR) is 135 cm³/mol. The Bertz CT molecular complexity index is 1100. The number of likely N-dealkylation sites (N-methyl/N-ethyl adjacent to an activating group) is 1. The summed E-state index contributed by atoms with van der Waals surface area (Å²) in [5.74, 6) is -0.863. The number of carbonyl (C=O) groups is 3. The Balaban J connectivity index is 2.05. The Hall–Kier alpha value is -3.62. The first kappa shape index (κ1) is 27.6. The summed E-state index contributed by atoms with van der Waals surface area (Å²) >= 11 is 0. The number of pyridine rings is 1. The number of aromatic nitrogens is 1. The average Bonchev–Trinajstić information content (AvgIpc) is 2.79. The van der Waals surface area contributed by atoms with Crippen molar-refractivity contribution >= 4 is 23.6 Å². The van der Waals surface area contributed by atoms with Crippen molar-refractivity contribution in [3.8, 4) is 0 Å². The van der Waals surface area contributed by atoms with Gasteiger partial charge in [0.2, 0.25) is 11.8 Å². The number of carbonyl (C=O) groups excluding carboxylic acids is 3. The van der Waals surface area contributed by atoms with Crippen molar-refractivity contribution < 1.29 is 19.1 Å². The molecule has 0 fully saturated rings. The van der Waals surface area contributed by atoms with Gasteiger partial charge in [0, 0.05) is 13.2 Å². The molecule has 1 heterocycles. The zero-order chi connectivity index (χ0) is 26.2. The molecule has 35 heavy (non-hydrogen) atoms. The minimum Gasteiger partial charge on any atom is -0.444 e. The van der Waals surface area contributed by atoms with Crippen molar-refractivity contribution in [3.63, 3.8) is 0 Å². The molecule has 2 rings (SSSR count). The first-order valence-corrected chi connectivity index (χ1v) is 11.8. The van der Waals surface area contributed by atoms with E-state index in [1.54, 1.807) is 26.8 Å². The van der Waals surface area contributed by atoms with Gasteiger partial charge in [-0.25, -0.2) is 4.79 Å². The molecule has 0 bridgehead atoms. The number of ether oxygens (including phenoxy) is 1. The van der Waals surface area contributed by atoms with Crippen LogP contribution in [0.1, 0.15) is 58.2 Å². The Labute approximate surface area is 206 Å². The van der Waals surface area contributed by atoms with Crippen LogP contribution in [0.5, 0.6) is 0 Å². The maximum Gasteiger partial charge on any atom is 0.410 e. The Morgan fingerprint density at radius 1 is 1.06 bits per heavy atom. The molecule has 1 aromatic heterocycles. The predicted octanol–water partition coefficient (Wildman–Crippen LogP) is 3.48. The molecule has 3 amide bonds. The Morgan fingerprint density at radius 2 is 1.74 bits per heavy atom. The molecule has 0 radical (unpaired) electrons. The van der Waals surface area contributed by atoms with Crippen LogP contribution in [-0.4, -0.2) is 46.6 Å². The zero-order valence-corrected chi connectivity index (χ0v) is 21.4. The SMILES string of the molecule is CCc1ccccc1[C@@H](CC)NC(=O)Cn1cccc(NC(=O)CN(C)C(=O)OC(C)(C)C)c1=O. The second kappa shape index (κ2) is 12.2. The maximum absolute atomic E-state index is 12.8. The molecule has 0 aliphatic rings. The van der Waals surface area contributed by atoms with Gasteiger partial charge in [-0.05, 0) is 56.9 Å². The molecule has 1 aromatic carbocycles. The highest BCUT2D eigenvalue weighted by Crippen LogP contribution is 2.21. The van der Waals surface area contributed by atoms with E-state index in [1.807, 2.05) is 31.2 Å². The largest absolute Gasteiger partial charge is 0.444 e. The molecule has 1 atom stereocenters. The van der Waals surface area contributed by atoms with Crippen LogP contribution in [0.4, 0.5) is 10.5 Å². The number of aryl methyl sites for hydroxylation is 1. The smallest absolute Gasteiger partial charge is 0.410 e. The van der Waals surface area contributed by atoms with Gasteiger partial charge in [-0.3, -0.25) is 14.4 Å². The quantitative estimate of drug-likeness (QED) is 0.566. The maximum atomic E-state index is 12.8. The lowest BCUT2D eigenvalue weighted by molar-refractivity contribution is -0.122. The number of hydrogen-bond donors (Lipinski definition) is 2. The third-order valence-corrected chi connectivity index (χ3v) is 5.25. The summed E-state index contributed by atoms with van der Waals surface area (Å²) in [4.78, 5) is 51.2. The Kier molecular flexibility index (Phi) is 9.62. The summed E-state index contributed by atoms with van der Waals surface area (Å²) in [6.07, 6.45) is 2.40. The lowest BCUT2D eigenvalue weighted by atomic mass is 9.97. The lowest BCUT2D eigenvalue weighted by Crippen LogP contribution is -2.40. The molecule has 2 aromatic rings. The monoisotopic (exact) mass is 484 g/mol. The highest BCUT2D eigenvalue weighted by Gasteiger charge is 2.22. The molecule has 0 saturated heterocycles. The number of benzene rings is 1. The molecule has 190 valence electrons. The van der Waals surface area contributed by atoms with E-state index in [1.165, 1.54) is 23.9 Å². The number of hydrogen-bond acceptors (Lipinski definition) is 5. The minimum atomic E-state index is -0.690. The normalized spacial score (nSPS) is 11.9. The van der Waals surface area contributed by atoms with E-state index in [9.17, 15) is 19.2 Å². The topological polar surface area (TPSA) is 110 Å². The van der Waals surface area contributed by atoms with Crippen LogP contribution < -0.4 is 16.2 Å². The Morgan fingerprint density at radius 3 is 2.37 bits per heavy atom. The molecule has 0 spiro atoms. The summed E-state index contributed by atoms with van der Waals surface area (Å²) in [5.41, 5.74) is 1.04. The fraction of sp³-hybridized carbons (Fsp3) is 0.462. The van der Waals surface area contributed by atoms with Crippen LogP contribution in [0.2, 0.25) is 0 Å². The van der Waals surface area contributed by atoms with Gasteiger partial charge in [0.15, 0.2) is 0 Å².